The van der Waals surface area contributed by atoms with E-state index < -0.39 is 0 Å². The molecule has 1 aliphatic carbocycles. The molecule has 0 amide bonds. The third-order valence-electron chi connectivity index (χ3n) is 6.31. The van der Waals surface area contributed by atoms with Gasteiger partial charge in [0, 0.05) is 23.4 Å². The van der Waals surface area contributed by atoms with Crippen LogP contribution in [0.25, 0.3) is 11.3 Å². The normalized spacial score (nSPS) is 20.8. The van der Waals surface area contributed by atoms with Crippen LogP contribution in [0.3, 0.4) is 0 Å². The average Bonchev–Trinajstić information content (AvgIpc) is 3.23. The quantitative estimate of drug-likeness (QED) is 0.527. The molecule has 0 spiro atoms. The molecule has 2 heterocycles. The summed E-state index contributed by atoms with van der Waals surface area (Å²) in [6.45, 7) is 7.30. The van der Waals surface area contributed by atoms with Crippen molar-refractivity contribution in [3.05, 3.63) is 51.0 Å². The minimum Gasteiger partial charge on any atom is -0.498 e. The molecular weight excluding hydrogens is 417 g/mol. The van der Waals surface area contributed by atoms with E-state index in [0.29, 0.717) is 16.0 Å². The van der Waals surface area contributed by atoms with E-state index >= 15 is 0 Å². The molecule has 2 aromatic rings. The monoisotopic (exact) mass is 445 g/mol. The van der Waals surface area contributed by atoms with E-state index in [-0.39, 0.29) is 6.04 Å². The van der Waals surface area contributed by atoms with Gasteiger partial charge in [-0.25, -0.2) is 9.97 Å². The summed E-state index contributed by atoms with van der Waals surface area (Å²) < 4.78 is 5.90. The van der Waals surface area contributed by atoms with Gasteiger partial charge in [0.15, 0.2) is 0 Å². The third-order valence-corrected chi connectivity index (χ3v) is 6.86. The van der Waals surface area contributed by atoms with Gasteiger partial charge in [0.2, 0.25) is 0 Å². The zero-order valence-corrected chi connectivity index (χ0v) is 19.4. The molecule has 0 fully saturated rings. The van der Waals surface area contributed by atoms with E-state index in [0.717, 1.165) is 73.6 Å². The number of hydrogen-bond acceptors (Lipinski definition) is 4. The highest BCUT2D eigenvalue weighted by molar-refractivity contribution is 6.36. The molecule has 4 nitrogen and oxygen atoms in total. The van der Waals surface area contributed by atoms with Crippen LogP contribution >= 0.6 is 23.2 Å². The lowest BCUT2D eigenvalue weighted by atomic mass is 9.81. The molecule has 1 aliphatic heterocycles. The van der Waals surface area contributed by atoms with Crippen molar-refractivity contribution in [1.82, 2.24) is 9.97 Å². The fraction of sp³-hybridized carbons (Fsp3) is 0.500. The molecular formula is C24H29Cl2N3O. The maximum Gasteiger partial charge on any atom is 0.148 e. The summed E-state index contributed by atoms with van der Waals surface area (Å²) >= 11 is 12.6. The molecule has 2 aliphatic rings. The topological polar surface area (TPSA) is 47.0 Å². The van der Waals surface area contributed by atoms with Crippen LogP contribution in [-0.2, 0) is 17.6 Å². The summed E-state index contributed by atoms with van der Waals surface area (Å²) in [5.74, 6) is 2.68. The van der Waals surface area contributed by atoms with Crippen LogP contribution in [0.2, 0.25) is 10.0 Å². The zero-order valence-electron chi connectivity index (χ0n) is 17.9. The lowest BCUT2D eigenvalue weighted by molar-refractivity contribution is 0.223. The van der Waals surface area contributed by atoms with E-state index in [2.05, 4.69) is 26.1 Å². The van der Waals surface area contributed by atoms with Gasteiger partial charge in [0.05, 0.1) is 40.5 Å². The number of aryl methyl sites for hydroxylation is 2. The van der Waals surface area contributed by atoms with E-state index in [9.17, 15) is 0 Å². The molecule has 160 valence electrons. The van der Waals surface area contributed by atoms with E-state index in [1.54, 1.807) is 6.07 Å². The molecule has 0 unspecified atom stereocenters. The second-order valence-corrected chi connectivity index (χ2v) is 8.87. The first-order valence-electron chi connectivity index (χ1n) is 11.0. The highest BCUT2D eigenvalue weighted by Crippen LogP contribution is 2.40. The van der Waals surface area contributed by atoms with Gasteiger partial charge in [0.1, 0.15) is 5.82 Å². The predicted octanol–water partition coefficient (Wildman–Crippen LogP) is 6.85. The molecule has 30 heavy (non-hydrogen) atoms. The first kappa shape index (κ1) is 21.5. The van der Waals surface area contributed by atoms with Crippen LogP contribution in [-0.4, -0.2) is 22.6 Å². The molecule has 1 N–H and O–H groups in total. The third kappa shape index (κ3) is 4.04. The van der Waals surface area contributed by atoms with Gasteiger partial charge in [0.25, 0.3) is 0 Å². The Morgan fingerprint density at radius 2 is 1.87 bits per heavy atom. The van der Waals surface area contributed by atoms with Crippen LogP contribution in [0, 0.1) is 5.92 Å². The first-order chi connectivity index (χ1) is 14.5. The first-order valence-corrected chi connectivity index (χ1v) is 11.8. The number of halogens is 2. The lowest BCUT2D eigenvalue weighted by Gasteiger charge is -2.33. The number of benzene rings is 1. The van der Waals surface area contributed by atoms with Crippen LogP contribution in [0.15, 0.2) is 29.5 Å². The van der Waals surface area contributed by atoms with E-state index in [4.69, 9.17) is 37.9 Å². The van der Waals surface area contributed by atoms with Gasteiger partial charge in [-0.1, -0.05) is 50.4 Å². The van der Waals surface area contributed by atoms with Crippen molar-refractivity contribution in [3.63, 3.8) is 0 Å². The molecule has 6 heteroatoms. The summed E-state index contributed by atoms with van der Waals surface area (Å²) in [6.07, 6.45) is 5.94. The van der Waals surface area contributed by atoms with Crippen molar-refractivity contribution in [2.75, 3.05) is 11.9 Å². The molecule has 1 aromatic heterocycles. The predicted molar refractivity (Wildman–Crippen MR) is 124 cm³/mol. The van der Waals surface area contributed by atoms with Crippen LogP contribution in [0.4, 0.5) is 5.82 Å². The number of allylic oxidation sites excluding steroid dienone is 1. The Hall–Kier alpha value is -1.78. The number of ether oxygens (including phenoxy) is 1. The lowest BCUT2D eigenvalue weighted by Crippen LogP contribution is -2.34. The summed E-state index contributed by atoms with van der Waals surface area (Å²) in [5.41, 5.74) is 5.07. The van der Waals surface area contributed by atoms with E-state index in [1.165, 1.54) is 11.3 Å². The van der Waals surface area contributed by atoms with Crippen LogP contribution in [0.1, 0.15) is 57.8 Å². The van der Waals surface area contributed by atoms with Crippen molar-refractivity contribution >= 4 is 29.0 Å². The van der Waals surface area contributed by atoms with Gasteiger partial charge < -0.3 is 10.1 Å². The summed E-state index contributed by atoms with van der Waals surface area (Å²) in [6, 6.07) is 5.82. The summed E-state index contributed by atoms with van der Waals surface area (Å²) in [5, 5.41) is 5.01. The van der Waals surface area contributed by atoms with Gasteiger partial charge in [-0.15, -0.1) is 0 Å². The van der Waals surface area contributed by atoms with Crippen molar-refractivity contribution in [2.24, 2.45) is 5.92 Å². The fourth-order valence-corrected chi connectivity index (χ4v) is 5.15. The van der Waals surface area contributed by atoms with Crippen molar-refractivity contribution in [3.8, 4) is 11.3 Å². The summed E-state index contributed by atoms with van der Waals surface area (Å²) in [4.78, 5) is 10.1. The minimum absolute atomic E-state index is 0.274. The van der Waals surface area contributed by atoms with Gasteiger partial charge in [-0.05, 0) is 49.0 Å². The smallest absolute Gasteiger partial charge is 0.148 e. The van der Waals surface area contributed by atoms with Gasteiger partial charge in [-0.2, -0.15) is 0 Å². The average molecular weight is 446 g/mol. The van der Waals surface area contributed by atoms with Crippen molar-refractivity contribution in [2.45, 2.75) is 65.3 Å². The Kier molecular flexibility index (Phi) is 6.54. The molecule has 1 aromatic carbocycles. The highest BCUT2D eigenvalue weighted by Gasteiger charge is 2.35. The molecule has 4 rings (SSSR count). The number of rotatable bonds is 6. The molecule has 0 saturated carbocycles. The number of nitrogens with zero attached hydrogens (tertiary/aromatic N) is 2. The van der Waals surface area contributed by atoms with Crippen molar-refractivity contribution < 1.29 is 4.74 Å². The number of hydrogen-bond donors (Lipinski definition) is 1. The van der Waals surface area contributed by atoms with Gasteiger partial charge in [-0.3, -0.25) is 0 Å². The molecule has 0 radical (unpaired) electrons. The SMILES string of the molecule is CCc1nc(-c2ccc(Cl)cc2Cl)c(CC)nc1N[C@H]1C2=C(CC[C@@H]1CC)OCC2. The molecule has 0 saturated heterocycles. The largest absolute Gasteiger partial charge is 0.498 e. The Labute approximate surface area is 189 Å². The Bertz CT molecular complexity index is 973. The second-order valence-electron chi connectivity index (χ2n) is 8.02. The maximum atomic E-state index is 6.49. The fourth-order valence-electron chi connectivity index (χ4n) is 4.65. The molecule has 0 bridgehead atoms. The van der Waals surface area contributed by atoms with E-state index in [1.807, 2.05) is 12.1 Å². The standard InChI is InChI=1S/C24H29Cl2N3O/c1-4-14-7-10-21-17(11-12-30-21)22(14)29-24-20(6-3)27-23(19(5-2)28-24)16-9-8-15(25)13-18(16)26/h8-9,13-14,22H,4-7,10-12H2,1-3H3,(H,28,29)/t14-,22+/m0/s1. The van der Waals surface area contributed by atoms with Crippen LogP contribution in [0.5, 0.6) is 0 Å². The Balaban J connectivity index is 1.74. The minimum atomic E-state index is 0.274. The second kappa shape index (κ2) is 9.15. The zero-order chi connectivity index (χ0) is 21.3. The maximum absolute atomic E-state index is 6.49. The Morgan fingerprint density at radius 3 is 2.57 bits per heavy atom. The Morgan fingerprint density at radius 1 is 1.07 bits per heavy atom. The number of nitrogens with one attached hydrogen (secondary N) is 1. The van der Waals surface area contributed by atoms with Crippen molar-refractivity contribution in [1.29, 1.82) is 0 Å². The van der Waals surface area contributed by atoms with Gasteiger partial charge >= 0.3 is 0 Å². The van der Waals surface area contributed by atoms with Crippen LogP contribution < -0.4 is 5.32 Å². The highest BCUT2D eigenvalue weighted by atomic mass is 35.5. The number of aromatic nitrogens is 2. The number of anilines is 1. The summed E-state index contributed by atoms with van der Waals surface area (Å²) in [7, 11) is 0. The molecule has 2 atom stereocenters.